The maximum absolute atomic E-state index is 13.0. The van der Waals surface area contributed by atoms with E-state index in [2.05, 4.69) is 27.3 Å². The smallest absolute Gasteiger partial charge is 0.256 e. The van der Waals surface area contributed by atoms with Gasteiger partial charge in [0, 0.05) is 35.3 Å². The molecule has 0 atom stereocenters. The zero-order chi connectivity index (χ0) is 22.5. The van der Waals surface area contributed by atoms with Crippen molar-refractivity contribution in [1.82, 2.24) is 14.3 Å². The number of fused-ring (bicyclic) bond motifs is 1. The van der Waals surface area contributed by atoms with E-state index in [1.165, 1.54) is 31.5 Å². The van der Waals surface area contributed by atoms with Gasteiger partial charge in [-0.1, -0.05) is 30.3 Å². The van der Waals surface area contributed by atoms with E-state index in [1.807, 2.05) is 71.4 Å². The van der Waals surface area contributed by atoms with Gasteiger partial charge in [-0.2, -0.15) is 0 Å². The number of imidazole rings is 1. The lowest BCUT2D eigenvalue weighted by Gasteiger charge is -2.14. The third-order valence-corrected chi connectivity index (χ3v) is 7.16. The molecular formula is C27H28N4OS. The normalized spacial score (nSPS) is 14.1. The minimum atomic E-state index is -0.0853. The van der Waals surface area contributed by atoms with Crippen LogP contribution in [-0.2, 0) is 12.2 Å². The van der Waals surface area contributed by atoms with E-state index in [0.717, 1.165) is 34.9 Å². The zero-order valence-electron chi connectivity index (χ0n) is 18.6. The van der Waals surface area contributed by atoms with Gasteiger partial charge in [-0.15, -0.1) is 11.8 Å². The quantitative estimate of drug-likeness (QED) is 0.355. The third-order valence-electron chi connectivity index (χ3n) is 6.05. The molecule has 0 radical (unpaired) electrons. The molecule has 3 heterocycles. The maximum atomic E-state index is 13.0. The number of carbonyl (C=O) groups excluding carboxylic acids is 1. The van der Waals surface area contributed by atoms with Crippen LogP contribution in [0, 0.1) is 0 Å². The summed E-state index contributed by atoms with van der Waals surface area (Å²) in [6.07, 6.45) is 7.73. The Morgan fingerprint density at radius 2 is 1.76 bits per heavy atom. The van der Waals surface area contributed by atoms with E-state index >= 15 is 0 Å². The summed E-state index contributed by atoms with van der Waals surface area (Å²) in [6, 6.07) is 22.0. The van der Waals surface area contributed by atoms with Crippen LogP contribution in [0.4, 0.5) is 5.69 Å². The number of amides is 1. The summed E-state index contributed by atoms with van der Waals surface area (Å²) >= 11 is 1.63. The first kappa shape index (κ1) is 21.7. The van der Waals surface area contributed by atoms with Crippen LogP contribution in [0.15, 0.2) is 84.0 Å². The van der Waals surface area contributed by atoms with Crippen molar-refractivity contribution in [3.8, 4) is 0 Å². The molecule has 5 nitrogen and oxygen atoms in total. The molecule has 1 amide bonds. The molecule has 0 bridgehead atoms. The number of pyridine rings is 1. The van der Waals surface area contributed by atoms with E-state index in [1.54, 1.807) is 11.8 Å². The summed E-state index contributed by atoms with van der Waals surface area (Å²) in [6.45, 7) is 3.56. The first-order valence-electron chi connectivity index (χ1n) is 11.5. The summed E-state index contributed by atoms with van der Waals surface area (Å²) in [4.78, 5) is 21.2. The zero-order valence-corrected chi connectivity index (χ0v) is 19.4. The van der Waals surface area contributed by atoms with Crippen molar-refractivity contribution in [2.24, 2.45) is 0 Å². The topological polar surface area (TPSA) is 49.6 Å². The number of nitrogens with zero attached hydrogens (tertiary/aromatic N) is 3. The lowest BCUT2D eigenvalue weighted by molar-refractivity contribution is 0.102. The molecule has 1 aliphatic heterocycles. The highest BCUT2D eigenvalue weighted by Gasteiger charge is 2.14. The Bertz CT molecular complexity index is 1200. The molecule has 33 heavy (non-hydrogen) atoms. The SMILES string of the molecule is O=C(Nc1ccc(CCN2CCCC2)cc1)c1ccccc1SCc1cn2ccccc2n1. The van der Waals surface area contributed by atoms with Crippen molar-refractivity contribution < 1.29 is 4.79 Å². The first-order valence-corrected chi connectivity index (χ1v) is 12.5. The van der Waals surface area contributed by atoms with Gasteiger partial charge < -0.3 is 14.6 Å². The highest BCUT2D eigenvalue weighted by Crippen LogP contribution is 2.27. The van der Waals surface area contributed by atoms with E-state index in [4.69, 9.17) is 0 Å². The summed E-state index contributed by atoms with van der Waals surface area (Å²) in [5.74, 6) is 0.621. The number of carbonyl (C=O) groups is 1. The van der Waals surface area contributed by atoms with Gasteiger partial charge in [0.1, 0.15) is 5.65 Å². The molecule has 1 saturated heterocycles. The number of likely N-dealkylation sites (tertiary alicyclic amines) is 1. The van der Waals surface area contributed by atoms with Gasteiger partial charge in [-0.25, -0.2) is 4.98 Å². The van der Waals surface area contributed by atoms with E-state index in [0.29, 0.717) is 11.3 Å². The molecule has 4 aromatic rings. The second-order valence-corrected chi connectivity index (χ2v) is 9.45. The molecule has 0 aliphatic carbocycles. The minimum Gasteiger partial charge on any atom is -0.322 e. The van der Waals surface area contributed by atoms with Crippen LogP contribution in [0.5, 0.6) is 0 Å². The number of thioether (sulfide) groups is 1. The molecule has 2 aromatic carbocycles. The van der Waals surface area contributed by atoms with Crippen molar-refractivity contribution in [2.75, 3.05) is 25.0 Å². The fourth-order valence-corrected chi connectivity index (χ4v) is 5.17. The van der Waals surface area contributed by atoms with E-state index in [-0.39, 0.29) is 5.91 Å². The lowest BCUT2D eigenvalue weighted by atomic mass is 10.1. The molecule has 1 aliphatic rings. The fraction of sp³-hybridized carbons (Fsp3) is 0.259. The number of nitrogens with one attached hydrogen (secondary N) is 1. The maximum Gasteiger partial charge on any atom is 0.256 e. The van der Waals surface area contributed by atoms with Crippen molar-refractivity contribution in [3.63, 3.8) is 0 Å². The lowest BCUT2D eigenvalue weighted by Crippen LogP contribution is -2.21. The number of hydrogen-bond acceptors (Lipinski definition) is 4. The van der Waals surface area contributed by atoms with Crippen LogP contribution in [0.1, 0.15) is 34.5 Å². The Morgan fingerprint density at radius 1 is 0.970 bits per heavy atom. The first-order chi connectivity index (χ1) is 16.2. The Morgan fingerprint density at radius 3 is 2.58 bits per heavy atom. The van der Waals surface area contributed by atoms with Gasteiger partial charge >= 0.3 is 0 Å². The average Bonchev–Trinajstić information content (AvgIpc) is 3.52. The Kier molecular flexibility index (Phi) is 6.74. The molecule has 0 saturated carbocycles. The summed E-state index contributed by atoms with van der Waals surface area (Å²) < 4.78 is 2.02. The van der Waals surface area contributed by atoms with Gasteiger partial charge in [-0.3, -0.25) is 4.79 Å². The minimum absolute atomic E-state index is 0.0853. The van der Waals surface area contributed by atoms with Crippen LogP contribution in [0.25, 0.3) is 5.65 Å². The Labute approximate surface area is 198 Å². The molecule has 1 N–H and O–H groups in total. The van der Waals surface area contributed by atoms with Crippen LogP contribution in [-0.4, -0.2) is 39.8 Å². The van der Waals surface area contributed by atoms with Crippen molar-refractivity contribution in [3.05, 3.63) is 95.9 Å². The molecular weight excluding hydrogens is 428 g/mol. The number of hydrogen-bond donors (Lipinski definition) is 1. The van der Waals surface area contributed by atoms with Gasteiger partial charge in [0.05, 0.1) is 11.3 Å². The summed E-state index contributed by atoms with van der Waals surface area (Å²) in [7, 11) is 0. The van der Waals surface area contributed by atoms with Crippen molar-refractivity contribution in [2.45, 2.75) is 29.9 Å². The van der Waals surface area contributed by atoms with Crippen LogP contribution >= 0.6 is 11.8 Å². The number of rotatable bonds is 8. The van der Waals surface area contributed by atoms with Crippen molar-refractivity contribution >= 4 is 29.0 Å². The summed E-state index contributed by atoms with van der Waals surface area (Å²) in [5, 5.41) is 3.06. The summed E-state index contributed by atoms with van der Waals surface area (Å²) in [5.41, 5.74) is 4.74. The number of benzene rings is 2. The largest absolute Gasteiger partial charge is 0.322 e. The predicted molar refractivity (Wildman–Crippen MR) is 135 cm³/mol. The van der Waals surface area contributed by atoms with Crippen LogP contribution in [0.2, 0.25) is 0 Å². The highest BCUT2D eigenvalue weighted by molar-refractivity contribution is 7.98. The Hall–Kier alpha value is -3.09. The Balaban J connectivity index is 1.20. The molecule has 2 aromatic heterocycles. The van der Waals surface area contributed by atoms with E-state index in [9.17, 15) is 4.79 Å². The number of aromatic nitrogens is 2. The molecule has 5 rings (SSSR count). The van der Waals surface area contributed by atoms with Gasteiger partial charge in [0.15, 0.2) is 0 Å². The molecule has 1 fully saturated rings. The highest BCUT2D eigenvalue weighted by atomic mass is 32.2. The molecule has 6 heteroatoms. The monoisotopic (exact) mass is 456 g/mol. The van der Waals surface area contributed by atoms with Crippen LogP contribution < -0.4 is 5.32 Å². The van der Waals surface area contributed by atoms with Gasteiger partial charge in [0.25, 0.3) is 5.91 Å². The van der Waals surface area contributed by atoms with Gasteiger partial charge in [0.2, 0.25) is 0 Å². The molecule has 168 valence electrons. The second kappa shape index (κ2) is 10.2. The van der Waals surface area contributed by atoms with Gasteiger partial charge in [-0.05, 0) is 74.3 Å². The molecule has 0 unspecified atom stereocenters. The third kappa shape index (κ3) is 5.46. The second-order valence-electron chi connectivity index (χ2n) is 8.43. The van der Waals surface area contributed by atoms with Crippen molar-refractivity contribution in [1.29, 1.82) is 0 Å². The standard InChI is InChI=1S/C27H28N4OS/c32-27(29-22-12-10-21(11-13-22)14-18-30-15-5-6-16-30)24-7-1-2-8-25(24)33-20-23-19-31-17-4-3-9-26(31)28-23/h1-4,7-13,17,19H,5-6,14-16,18,20H2,(H,29,32). The van der Waals surface area contributed by atoms with Crippen LogP contribution in [0.3, 0.4) is 0 Å². The predicted octanol–water partition coefficient (Wildman–Crippen LogP) is 5.52. The van der Waals surface area contributed by atoms with E-state index < -0.39 is 0 Å². The average molecular weight is 457 g/mol. The fourth-order valence-electron chi connectivity index (χ4n) is 4.24. The number of anilines is 1. The molecule has 0 spiro atoms.